The molecular weight excluding hydrogens is 124 g/mol. The molecule has 0 saturated heterocycles. The summed E-state index contributed by atoms with van der Waals surface area (Å²) in [6.45, 7) is 10.6. The first-order chi connectivity index (χ1) is 4.72. The molecule has 0 heterocycles. The van der Waals surface area contributed by atoms with Crippen LogP contribution in [0.4, 0.5) is 0 Å². The number of aliphatic hydroxyl groups excluding tert-OH is 1. The summed E-state index contributed by atoms with van der Waals surface area (Å²) in [5.74, 6) is 0.329. The highest BCUT2D eigenvalue weighted by atomic mass is 16.3. The molecule has 0 rings (SSSR count). The van der Waals surface area contributed by atoms with Crippen LogP contribution in [0.5, 0.6) is 0 Å². The van der Waals surface area contributed by atoms with Gasteiger partial charge < -0.3 is 5.11 Å². The van der Waals surface area contributed by atoms with Crippen molar-refractivity contribution in [3.05, 3.63) is 37.6 Å². The minimum Gasteiger partial charge on any atom is -0.513 e. The van der Waals surface area contributed by atoms with Crippen LogP contribution in [-0.4, -0.2) is 5.11 Å². The highest BCUT2D eigenvalue weighted by Crippen LogP contribution is 2.15. The van der Waals surface area contributed by atoms with E-state index < -0.39 is 0 Å². The summed E-state index contributed by atoms with van der Waals surface area (Å²) >= 11 is 0. The highest BCUT2D eigenvalue weighted by molar-refractivity contribution is 4.95. The first-order valence-electron chi connectivity index (χ1n) is 3.32. The van der Waals surface area contributed by atoms with Gasteiger partial charge in [-0.15, -0.1) is 13.2 Å². The predicted octanol–water partition coefficient (Wildman–Crippen LogP) is 2.83. The van der Waals surface area contributed by atoms with Crippen molar-refractivity contribution in [2.45, 2.75) is 12.8 Å². The van der Waals surface area contributed by atoms with Crippen molar-refractivity contribution in [2.24, 2.45) is 5.92 Å². The van der Waals surface area contributed by atoms with Crippen LogP contribution in [0.25, 0.3) is 0 Å². The molecule has 0 spiro atoms. The summed E-state index contributed by atoms with van der Waals surface area (Å²) in [7, 11) is 0. The SMILES string of the molecule is C=CCC(CC=C)C(=C)O. The van der Waals surface area contributed by atoms with Crippen LogP contribution >= 0.6 is 0 Å². The molecule has 10 heavy (non-hydrogen) atoms. The monoisotopic (exact) mass is 138 g/mol. The molecule has 0 atom stereocenters. The van der Waals surface area contributed by atoms with Crippen molar-refractivity contribution in [3.8, 4) is 0 Å². The predicted molar refractivity (Wildman–Crippen MR) is 44.9 cm³/mol. The van der Waals surface area contributed by atoms with E-state index in [1.807, 2.05) is 0 Å². The summed E-state index contributed by atoms with van der Waals surface area (Å²) in [5.41, 5.74) is 0. The number of rotatable bonds is 5. The summed E-state index contributed by atoms with van der Waals surface area (Å²) in [6, 6.07) is 0. The van der Waals surface area contributed by atoms with Crippen molar-refractivity contribution >= 4 is 0 Å². The van der Waals surface area contributed by atoms with Crippen LogP contribution in [0.2, 0.25) is 0 Å². The number of allylic oxidation sites excluding steroid dienone is 3. The van der Waals surface area contributed by atoms with Crippen molar-refractivity contribution in [1.82, 2.24) is 0 Å². The molecular formula is C9H14O. The molecule has 0 fully saturated rings. The van der Waals surface area contributed by atoms with Crippen LogP contribution in [0, 0.1) is 5.92 Å². The fraction of sp³-hybridized carbons (Fsp3) is 0.333. The highest BCUT2D eigenvalue weighted by Gasteiger charge is 2.06. The van der Waals surface area contributed by atoms with E-state index >= 15 is 0 Å². The van der Waals surface area contributed by atoms with E-state index in [0.29, 0.717) is 0 Å². The van der Waals surface area contributed by atoms with E-state index in [1.165, 1.54) is 0 Å². The maximum Gasteiger partial charge on any atom is 0.0888 e. The van der Waals surface area contributed by atoms with Crippen molar-refractivity contribution < 1.29 is 5.11 Å². The first kappa shape index (κ1) is 9.02. The Labute approximate surface area is 62.4 Å². The zero-order valence-electron chi connectivity index (χ0n) is 6.21. The molecule has 0 amide bonds. The second-order valence-electron chi connectivity index (χ2n) is 2.24. The first-order valence-corrected chi connectivity index (χ1v) is 3.32. The molecule has 0 aliphatic carbocycles. The van der Waals surface area contributed by atoms with Crippen molar-refractivity contribution in [2.75, 3.05) is 0 Å². The van der Waals surface area contributed by atoms with Gasteiger partial charge in [0.05, 0.1) is 5.76 Å². The number of hydrogen-bond donors (Lipinski definition) is 1. The van der Waals surface area contributed by atoms with Crippen molar-refractivity contribution in [1.29, 1.82) is 0 Å². The Bertz CT molecular complexity index is 126. The molecule has 1 N–H and O–H groups in total. The molecule has 0 aliphatic rings. The van der Waals surface area contributed by atoms with Crippen LogP contribution < -0.4 is 0 Å². The number of aliphatic hydroxyl groups is 1. The van der Waals surface area contributed by atoms with Gasteiger partial charge in [-0.25, -0.2) is 0 Å². The third-order valence-electron chi connectivity index (χ3n) is 1.37. The molecule has 0 aromatic carbocycles. The van der Waals surface area contributed by atoms with Crippen LogP contribution in [-0.2, 0) is 0 Å². The molecule has 1 heteroatoms. The maximum absolute atomic E-state index is 8.98. The van der Waals surface area contributed by atoms with Crippen LogP contribution in [0.15, 0.2) is 37.6 Å². The molecule has 0 bridgehead atoms. The van der Waals surface area contributed by atoms with Crippen LogP contribution in [0.3, 0.4) is 0 Å². The lowest BCUT2D eigenvalue weighted by Crippen LogP contribution is -1.99. The largest absolute Gasteiger partial charge is 0.513 e. The maximum atomic E-state index is 8.98. The lowest BCUT2D eigenvalue weighted by Gasteiger charge is -2.09. The molecule has 56 valence electrons. The average Bonchev–Trinajstić information content (AvgIpc) is 1.87. The fourth-order valence-electron chi connectivity index (χ4n) is 0.771. The van der Waals surface area contributed by atoms with E-state index in [2.05, 4.69) is 19.7 Å². The van der Waals surface area contributed by atoms with Gasteiger partial charge in [0.2, 0.25) is 0 Å². The molecule has 0 aliphatic heterocycles. The quantitative estimate of drug-likeness (QED) is 0.457. The van der Waals surface area contributed by atoms with Crippen LogP contribution in [0.1, 0.15) is 12.8 Å². The minimum absolute atomic E-state index is 0.106. The summed E-state index contributed by atoms with van der Waals surface area (Å²) < 4.78 is 0. The molecule has 0 radical (unpaired) electrons. The molecule has 0 aromatic heterocycles. The van der Waals surface area contributed by atoms with Gasteiger partial charge in [-0.2, -0.15) is 0 Å². The Morgan fingerprint density at radius 2 is 1.70 bits per heavy atom. The lowest BCUT2D eigenvalue weighted by atomic mass is 10.0. The molecule has 1 nitrogen and oxygen atoms in total. The Kier molecular flexibility index (Phi) is 4.38. The summed E-state index contributed by atoms with van der Waals surface area (Å²) in [6.07, 6.45) is 5.08. The number of hydrogen-bond acceptors (Lipinski definition) is 1. The minimum atomic E-state index is 0.106. The van der Waals surface area contributed by atoms with Gasteiger partial charge in [0.1, 0.15) is 0 Å². The zero-order chi connectivity index (χ0) is 7.98. The van der Waals surface area contributed by atoms with Gasteiger partial charge in [-0.05, 0) is 12.8 Å². The summed E-state index contributed by atoms with van der Waals surface area (Å²) in [5, 5.41) is 8.98. The Morgan fingerprint density at radius 3 is 1.90 bits per heavy atom. The zero-order valence-corrected chi connectivity index (χ0v) is 6.21. The van der Waals surface area contributed by atoms with Gasteiger partial charge >= 0.3 is 0 Å². The van der Waals surface area contributed by atoms with Gasteiger partial charge in [0.25, 0.3) is 0 Å². The van der Waals surface area contributed by atoms with Crippen molar-refractivity contribution in [3.63, 3.8) is 0 Å². The fourth-order valence-corrected chi connectivity index (χ4v) is 0.771. The van der Waals surface area contributed by atoms with E-state index in [-0.39, 0.29) is 11.7 Å². The Balaban J connectivity index is 3.83. The average molecular weight is 138 g/mol. The van der Waals surface area contributed by atoms with E-state index in [9.17, 15) is 0 Å². The Morgan fingerprint density at radius 1 is 1.30 bits per heavy atom. The third-order valence-corrected chi connectivity index (χ3v) is 1.37. The lowest BCUT2D eigenvalue weighted by molar-refractivity contribution is 0.333. The van der Waals surface area contributed by atoms with E-state index in [0.717, 1.165) is 12.8 Å². The summed E-state index contributed by atoms with van der Waals surface area (Å²) in [4.78, 5) is 0. The van der Waals surface area contributed by atoms with Gasteiger partial charge in [-0.3, -0.25) is 0 Å². The molecule has 0 saturated carbocycles. The van der Waals surface area contributed by atoms with E-state index in [1.54, 1.807) is 12.2 Å². The standard InChI is InChI=1S/C9H14O/c1-4-6-9(7-5-2)8(3)10/h4-5,9-10H,1-3,6-7H2. The van der Waals surface area contributed by atoms with Gasteiger partial charge in [0, 0.05) is 5.92 Å². The third kappa shape index (κ3) is 3.13. The second-order valence-corrected chi connectivity index (χ2v) is 2.24. The van der Waals surface area contributed by atoms with Gasteiger partial charge in [0.15, 0.2) is 0 Å². The normalized spacial score (nSPS) is 9.30. The van der Waals surface area contributed by atoms with Gasteiger partial charge in [-0.1, -0.05) is 18.7 Å². The topological polar surface area (TPSA) is 20.2 Å². The Hall–Kier alpha value is -0.980. The van der Waals surface area contributed by atoms with E-state index in [4.69, 9.17) is 5.11 Å². The molecule has 0 aromatic rings. The second kappa shape index (κ2) is 4.86. The molecule has 0 unspecified atom stereocenters. The smallest absolute Gasteiger partial charge is 0.0888 e.